The molecule has 1 amide bonds. The third kappa shape index (κ3) is 3.81. The summed E-state index contributed by atoms with van der Waals surface area (Å²) in [6, 6.07) is 1.00. The molecule has 1 aromatic heterocycles. The highest BCUT2D eigenvalue weighted by Crippen LogP contribution is 2.06. The number of rotatable bonds is 4. The number of nitrogens with zero attached hydrogens (tertiary/aromatic N) is 2. The van der Waals surface area contributed by atoms with Gasteiger partial charge in [-0.25, -0.2) is 9.97 Å². The molecule has 1 heterocycles. The van der Waals surface area contributed by atoms with Crippen LogP contribution in [0.4, 0.5) is 5.95 Å². The highest BCUT2D eigenvalue weighted by atomic mass is 35.5. The zero-order valence-corrected chi connectivity index (χ0v) is 9.16. The number of carbonyl (C=O) groups is 1. The van der Waals surface area contributed by atoms with Crippen molar-refractivity contribution in [3.8, 4) is 0 Å². The van der Waals surface area contributed by atoms with E-state index in [2.05, 4.69) is 15.3 Å². The highest BCUT2D eigenvalue weighted by Gasteiger charge is 2.13. The summed E-state index contributed by atoms with van der Waals surface area (Å²) in [6.45, 7) is 1.96. The molecule has 1 rings (SSSR count). The Bertz CT molecular complexity index is 345. The first-order chi connectivity index (χ1) is 7.13. The predicted octanol–water partition coefficient (Wildman–Crippen LogP) is 1.20. The minimum atomic E-state index is -0.530. The van der Waals surface area contributed by atoms with Gasteiger partial charge in [0, 0.05) is 6.20 Å². The molecule has 1 aromatic rings. The van der Waals surface area contributed by atoms with Crippen LogP contribution in [-0.4, -0.2) is 21.9 Å². The maximum atomic E-state index is 11.5. The van der Waals surface area contributed by atoms with Crippen LogP contribution in [0.5, 0.6) is 0 Å². The quantitative estimate of drug-likeness (QED) is 0.759. The van der Waals surface area contributed by atoms with Crippen molar-refractivity contribution in [2.75, 3.05) is 5.32 Å². The van der Waals surface area contributed by atoms with Crippen molar-refractivity contribution in [3.05, 3.63) is 17.4 Å². The number of carbonyl (C=O) groups excluding carboxylic acids is 1. The average molecular weight is 229 g/mol. The van der Waals surface area contributed by atoms with Crippen molar-refractivity contribution >= 4 is 23.5 Å². The fraction of sp³-hybridized carbons (Fsp3) is 0.444. The topological polar surface area (TPSA) is 80.9 Å². The number of halogens is 1. The van der Waals surface area contributed by atoms with Gasteiger partial charge in [-0.15, -0.1) is 0 Å². The maximum absolute atomic E-state index is 11.5. The Labute approximate surface area is 93.0 Å². The molecule has 0 saturated heterocycles. The highest BCUT2D eigenvalue weighted by molar-refractivity contribution is 6.29. The van der Waals surface area contributed by atoms with Gasteiger partial charge in [-0.1, -0.05) is 24.9 Å². The molecule has 0 aliphatic heterocycles. The summed E-state index contributed by atoms with van der Waals surface area (Å²) < 4.78 is 0. The van der Waals surface area contributed by atoms with Crippen LogP contribution < -0.4 is 11.1 Å². The Morgan fingerprint density at radius 3 is 3.07 bits per heavy atom. The average Bonchev–Trinajstić information content (AvgIpc) is 2.18. The molecule has 0 saturated carbocycles. The smallest absolute Gasteiger partial charge is 0.243 e. The lowest BCUT2D eigenvalue weighted by Gasteiger charge is -2.09. The summed E-state index contributed by atoms with van der Waals surface area (Å²) in [5, 5.41) is 2.78. The Hall–Kier alpha value is -1.20. The summed E-state index contributed by atoms with van der Waals surface area (Å²) in [6.07, 6.45) is 2.95. The number of hydrogen-bond acceptors (Lipinski definition) is 4. The van der Waals surface area contributed by atoms with Crippen LogP contribution in [-0.2, 0) is 4.79 Å². The summed E-state index contributed by atoms with van der Waals surface area (Å²) in [7, 11) is 0. The summed E-state index contributed by atoms with van der Waals surface area (Å²) >= 11 is 5.64. The first-order valence-electron chi connectivity index (χ1n) is 4.68. The lowest BCUT2D eigenvalue weighted by Crippen LogP contribution is -2.35. The standard InChI is InChI=1S/C9H13ClN4O/c1-2-3-6(11)8(15)14-9-12-5-4-7(10)13-9/h4-6H,2-3,11H2,1H3,(H,12,13,14,15)/t6-/m1/s1. The Morgan fingerprint density at radius 1 is 1.73 bits per heavy atom. The van der Waals surface area contributed by atoms with Gasteiger partial charge in [0.15, 0.2) is 0 Å². The van der Waals surface area contributed by atoms with Gasteiger partial charge in [-0.05, 0) is 12.5 Å². The molecule has 0 spiro atoms. The van der Waals surface area contributed by atoms with E-state index in [1.807, 2.05) is 6.92 Å². The van der Waals surface area contributed by atoms with Crippen LogP contribution in [0.15, 0.2) is 12.3 Å². The van der Waals surface area contributed by atoms with E-state index in [-0.39, 0.29) is 17.0 Å². The van der Waals surface area contributed by atoms with Gasteiger partial charge in [0.25, 0.3) is 0 Å². The third-order valence-electron chi connectivity index (χ3n) is 1.79. The van der Waals surface area contributed by atoms with E-state index in [0.717, 1.165) is 6.42 Å². The number of hydrogen-bond donors (Lipinski definition) is 2. The molecule has 3 N–H and O–H groups in total. The molecule has 0 aromatic carbocycles. The monoisotopic (exact) mass is 228 g/mol. The van der Waals surface area contributed by atoms with Crippen LogP contribution in [0.2, 0.25) is 5.15 Å². The lowest BCUT2D eigenvalue weighted by atomic mass is 10.2. The fourth-order valence-electron chi connectivity index (χ4n) is 1.04. The molecule has 0 bridgehead atoms. The molecule has 0 unspecified atom stereocenters. The van der Waals surface area contributed by atoms with E-state index in [4.69, 9.17) is 17.3 Å². The predicted molar refractivity (Wildman–Crippen MR) is 58.6 cm³/mol. The Kier molecular flexibility index (Phi) is 4.45. The van der Waals surface area contributed by atoms with Gasteiger partial charge in [0.05, 0.1) is 6.04 Å². The minimum absolute atomic E-state index is 0.180. The van der Waals surface area contributed by atoms with Gasteiger partial charge >= 0.3 is 0 Å². The molecular weight excluding hydrogens is 216 g/mol. The molecule has 15 heavy (non-hydrogen) atoms. The van der Waals surface area contributed by atoms with Crippen LogP contribution in [0, 0.1) is 0 Å². The molecule has 0 fully saturated rings. The van der Waals surface area contributed by atoms with Crippen LogP contribution >= 0.6 is 11.6 Å². The van der Waals surface area contributed by atoms with Crippen molar-refractivity contribution in [1.82, 2.24) is 9.97 Å². The second-order valence-electron chi connectivity index (χ2n) is 3.09. The zero-order valence-electron chi connectivity index (χ0n) is 8.40. The van der Waals surface area contributed by atoms with Gasteiger partial charge in [0.1, 0.15) is 5.15 Å². The molecule has 5 nitrogen and oxygen atoms in total. The van der Waals surface area contributed by atoms with Crippen molar-refractivity contribution in [2.24, 2.45) is 5.73 Å². The van der Waals surface area contributed by atoms with E-state index in [1.54, 1.807) is 0 Å². The maximum Gasteiger partial charge on any atom is 0.243 e. The summed E-state index contributed by atoms with van der Waals surface area (Å²) in [5.74, 6) is -0.113. The van der Waals surface area contributed by atoms with Gasteiger partial charge in [-0.2, -0.15) is 0 Å². The van der Waals surface area contributed by atoms with Crippen molar-refractivity contribution in [3.63, 3.8) is 0 Å². The van der Waals surface area contributed by atoms with Crippen molar-refractivity contribution in [1.29, 1.82) is 0 Å². The van der Waals surface area contributed by atoms with Crippen molar-refractivity contribution < 1.29 is 4.79 Å². The second-order valence-corrected chi connectivity index (χ2v) is 3.47. The molecule has 82 valence electrons. The number of aromatic nitrogens is 2. The molecule has 0 aliphatic carbocycles. The Morgan fingerprint density at radius 2 is 2.47 bits per heavy atom. The van der Waals surface area contributed by atoms with Crippen LogP contribution in [0.3, 0.4) is 0 Å². The molecule has 1 atom stereocenters. The first-order valence-corrected chi connectivity index (χ1v) is 5.06. The normalized spacial score (nSPS) is 12.2. The molecule has 0 aliphatic rings. The lowest BCUT2D eigenvalue weighted by molar-refractivity contribution is -0.117. The fourth-order valence-corrected chi connectivity index (χ4v) is 1.18. The third-order valence-corrected chi connectivity index (χ3v) is 2.00. The number of nitrogens with two attached hydrogens (primary N) is 1. The van der Waals surface area contributed by atoms with E-state index < -0.39 is 6.04 Å². The van der Waals surface area contributed by atoms with Crippen LogP contribution in [0.1, 0.15) is 19.8 Å². The minimum Gasteiger partial charge on any atom is -0.320 e. The van der Waals surface area contributed by atoms with E-state index in [9.17, 15) is 4.79 Å². The second kappa shape index (κ2) is 5.63. The number of anilines is 1. The van der Waals surface area contributed by atoms with Gasteiger partial charge in [0.2, 0.25) is 11.9 Å². The number of amides is 1. The van der Waals surface area contributed by atoms with Crippen LogP contribution in [0.25, 0.3) is 0 Å². The van der Waals surface area contributed by atoms with Gasteiger partial charge < -0.3 is 5.73 Å². The number of nitrogens with one attached hydrogen (secondary N) is 1. The molecule has 0 radical (unpaired) electrons. The van der Waals surface area contributed by atoms with E-state index >= 15 is 0 Å². The Balaban J connectivity index is 2.58. The summed E-state index contributed by atoms with van der Waals surface area (Å²) in [4.78, 5) is 19.1. The van der Waals surface area contributed by atoms with Crippen molar-refractivity contribution in [2.45, 2.75) is 25.8 Å². The largest absolute Gasteiger partial charge is 0.320 e. The van der Waals surface area contributed by atoms with Gasteiger partial charge in [-0.3, -0.25) is 10.1 Å². The summed E-state index contributed by atoms with van der Waals surface area (Å²) in [5.41, 5.74) is 5.61. The van der Waals surface area contributed by atoms with E-state index in [0.29, 0.717) is 6.42 Å². The van der Waals surface area contributed by atoms with E-state index in [1.165, 1.54) is 12.3 Å². The zero-order chi connectivity index (χ0) is 11.3. The molecule has 6 heteroatoms. The molecular formula is C9H13ClN4O. The first kappa shape index (κ1) is 11.9. The SMILES string of the molecule is CCC[C@@H](N)C(=O)Nc1nccc(Cl)n1.